The van der Waals surface area contributed by atoms with Crippen molar-refractivity contribution in [3.63, 3.8) is 0 Å². The van der Waals surface area contributed by atoms with E-state index in [1.807, 2.05) is 4.57 Å². The van der Waals surface area contributed by atoms with E-state index in [1.54, 1.807) is 13.3 Å². The fraction of sp³-hybridized carbons (Fsp3) is 0.750. The molecular formula is C24H41ClN6O3S. The molecule has 0 aliphatic heterocycles. The molecule has 2 aromatic heterocycles. The van der Waals surface area contributed by atoms with Gasteiger partial charge in [0.2, 0.25) is 15.3 Å². The van der Waals surface area contributed by atoms with E-state index in [0.29, 0.717) is 22.8 Å². The Bertz CT molecular complexity index is 1010. The summed E-state index contributed by atoms with van der Waals surface area (Å²) in [6.45, 7) is 2.59. The Morgan fingerprint density at radius 1 is 0.943 bits per heavy atom. The molecule has 0 bridgehead atoms. The van der Waals surface area contributed by atoms with Gasteiger partial charge in [-0.2, -0.15) is 9.97 Å². The van der Waals surface area contributed by atoms with Gasteiger partial charge in [0.25, 0.3) is 0 Å². The molecular weight excluding hydrogens is 488 g/mol. The highest BCUT2D eigenvalue weighted by Gasteiger charge is 2.13. The number of halogens is 1. The lowest BCUT2D eigenvalue weighted by atomic mass is 10.0. The lowest BCUT2D eigenvalue weighted by Crippen LogP contribution is -2.22. The highest BCUT2D eigenvalue weighted by molar-refractivity contribution is 7.89. The highest BCUT2D eigenvalue weighted by Crippen LogP contribution is 2.21. The summed E-state index contributed by atoms with van der Waals surface area (Å²) in [6, 6.07) is 0. The average Bonchev–Trinajstić information content (AvgIpc) is 3.18. The largest absolute Gasteiger partial charge is 0.367 e. The minimum atomic E-state index is -3.56. The molecule has 0 spiro atoms. The van der Waals surface area contributed by atoms with Crippen molar-refractivity contribution in [3.05, 3.63) is 11.6 Å². The molecule has 0 saturated carbocycles. The van der Waals surface area contributed by atoms with Crippen molar-refractivity contribution in [2.75, 3.05) is 17.6 Å². The molecule has 0 atom stereocenters. The molecule has 0 radical (unpaired) electrons. The Morgan fingerprint density at radius 3 is 2.03 bits per heavy atom. The van der Waals surface area contributed by atoms with Crippen molar-refractivity contribution < 1.29 is 13.2 Å². The summed E-state index contributed by atoms with van der Waals surface area (Å²) in [5, 5.41) is 8.07. The molecule has 0 aliphatic rings. The number of imidazole rings is 1. The number of rotatable bonds is 20. The van der Waals surface area contributed by atoms with E-state index >= 15 is 0 Å². The Labute approximate surface area is 214 Å². The zero-order chi connectivity index (χ0) is 25.5. The van der Waals surface area contributed by atoms with E-state index in [-0.39, 0.29) is 17.6 Å². The maximum absolute atomic E-state index is 11.1. The third kappa shape index (κ3) is 12.7. The van der Waals surface area contributed by atoms with Crippen molar-refractivity contribution in [1.29, 1.82) is 0 Å². The second kappa shape index (κ2) is 16.1. The van der Waals surface area contributed by atoms with Crippen LogP contribution in [0.4, 0.5) is 5.82 Å². The first-order chi connectivity index (χ1) is 16.8. The Hall–Kier alpha value is -1.78. The summed E-state index contributed by atoms with van der Waals surface area (Å²) in [5.74, 6) is 0.513. The van der Waals surface area contributed by atoms with Crippen LogP contribution in [0.2, 0.25) is 5.28 Å². The average molecular weight is 529 g/mol. The van der Waals surface area contributed by atoms with Crippen LogP contribution < -0.4 is 10.5 Å². The van der Waals surface area contributed by atoms with Crippen molar-refractivity contribution in [2.45, 2.75) is 103 Å². The Kier molecular flexibility index (Phi) is 13.5. The van der Waals surface area contributed by atoms with E-state index in [4.69, 9.17) is 16.7 Å². The molecule has 35 heavy (non-hydrogen) atoms. The molecule has 2 heterocycles. The molecule has 0 unspecified atom stereocenters. The summed E-state index contributed by atoms with van der Waals surface area (Å²) in [6.07, 6.45) is 18.5. The van der Waals surface area contributed by atoms with Crippen LogP contribution >= 0.6 is 11.6 Å². The van der Waals surface area contributed by atoms with Crippen LogP contribution in [-0.2, 0) is 21.4 Å². The smallest absolute Gasteiger partial charge is 0.226 e. The van der Waals surface area contributed by atoms with Crippen LogP contribution in [0.3, 0.4) is 0 Å². The van der Waals surface area contributed by atoms with E-state index in [2.05, 4.69) is 20.3 Å². The number of primary sulfonamides is 1. The highest BCUT2D eigenvalue weighted by atomic mass is 35.5. The monoisotopic (exact) mass is 528 g/mol. The number of hydrogen-bond acceptors (Lipinski definition) is 7. The molecule has 0 aromatic carbocycles. The van der Waals surface area contributed by atoms with E-state index in [9.17, 15) is 13.2 Å². The predicted octanol–water partition coefficient (Wildman–Crippen LogP) is 5.23. The molecule has 3 N–H and O–H groups in total. The van der Waals surface area contributed by atoms with Crippen molar-refractivity contribution in [3.8, 4) is 0 Å². The number of carbonyl (C=O) groups excluding carboxylic acids is 1. The fourth-order valence-corrected chi connectivity index (χ4v) is 4.67. The van der Waals surface area contributed by atoms with Gasteiger partial charge in [0.05, 0.1) is 12.1 Å². The van der Waals surface area contributed by atoms with E-state index in [1.165, 1.54) is 64.2 Å². The molecule has 0 saturated heterocycles. The first-order valence-corrected chi connectivity index (χ1v) is 15.0. The molecule has 2 rings (SSSR count). The summed E-state index contributed by atoms with van der Waals surface area (Å²) >= 11 is 6.07. The first kappa shape index (κ1) is 29.5. The van der Waals surface area contributed by atoms with Gasteiger partial charge < -0.3 is 14.7 Å². The van der Waals surface area contributed by atoms with E-state index < -0.39 is 10.0 Å². The number of carbonyl (C=O) groups is 1. The lowest BCUT2D eigenvalue weighted by Gasteiger charge is -2.07. The minimum absolute atomic E-state index is 0.0883. The summed E-state index contributed by atoms with van der Waals surface area (Å²) in [5.41, 5.74) is 1.21. The molecule has 9 nitrogen and oxygen atoms in total. The van der Waals surface area contributed by atoms with Crippen LogP contribution in [0.1, 0.15) is 96.8 Å². The summed E-state index contributed by atoms with van der Waals surface area (Å²) < 4.78 is 24.2. The quantitative estimate of drug-likeness (QED) is 0.177. The van der Waals surface area contributed by atoms with Crippen LogP contribution in [0, 0.1) is 0 Å². The van der Waals surface area contributed by atoms with Gasteiger partial charge in [-0.05, 0) is 31.4 Å². The fourth-order valence-electron chi connectivity index (χ4n) is 4.12. The van der Waals surface area contributed by atoms with Crippen LogP contribution in [0.25, 0.3) is 11.2 Å². The van der Waals surface area contributed by atoms with Crippen LogP contribution in [-0.4, -0.2) is 46.0 Å². The third-order valence-electron chi connectivity index (χ3n) is 6.04. The first-order valence-electron chi connectivity index (χ1n) is 12.9. The number of fused-ring (bicyclic) bond motifs is 1. The van der Waals surface area contributed by atoms with Gasteiger partial charge in [0, 0.05) is 19.5 Å². The Morgan fingerprint density at radius 2 is 1.49 bits per heavy atom. The second-order valence-corrected chi connectivity index (χ2v) is 11.4. The zero-order valence-corrected chi connectivity index (χ0v) is 22.5. The van der Waals surface area contributed by atoms with Crippen LogP contribution in [0.5, 0.6) is 0 Å². The van der Waals surface area contributed by atoms with Gasteiger partial charge in [-0.15, -0.1) is 0 Å². The number of aromatic nitrogens is 4. The van der Waals surface area contributed by atoms with Gasteiger partial charge in [-0.1, -0.05) is 70.6 Å². The van der Waals surface area contributed by atoms with E-state index in [0.717, 1.165) is 32.2 Å². The number of nitrogens with zero attached hydrogens (tertiary/aromatic N) is 4. The molecule has 198 valence electrons. The SMILES string of the molecule is CC(=O)CCCCCCCCCCCCCCCn1cnc2c(NCCS(N)(=O)=O)nc(Cl)nc21. The molecule has 11 heteroatoms. The van der Waals surface area contributed by atoms with Crippen LogP contribution in [0.15, 0.2) is 6.33 Å². The number of Topliss-reactive ketones (excluding diaryl/α,β-unsaturated/α-hetero) is 1. The topological polar surface area (TPSA) is 133 Å². The predicted molar refractivity (Wildman–Crippen MR) is 142 cm³/mol. The maximum atomic E-state index is 11.1. The van der Waals surface area contributed by atoms with Gasteiger partial charge in [0.15, 0.2) is 17.0 Å². The normalized spacial score (nSPS) is 11.9. The standard InChI is InChI=1S/C24H41ClN6O3S/c1-20(32)15-13-11-9-7-5-3-2-4-6-8-10-12-14-17-31-19-28-21-22(27-16-18-35(26,33)34)29-24(25)30-23(21)31/h19H,2-18H2,1H3,(H2,26,33,34)(H,27,29,30). The number of sulfonamides is 1. The van der Waals surface area contributed by atoms with Crippen molar-refractivity contribution in [1.82, 2.24) is 19.5 Å². The van der Waals surface area contributed by atoms with Gasteiger partial charge >= 0.3 is 0 Å². The Balaban J connectivity index is 1.56. The molecule has 2 aromatic rings. The summed E-state index contributed by atoms with van der Waals surface area (Å²) in [4.78, 5) is 23.7. The van der Waals surface area contributed by atoms with Crippen molar-refractivity contribution >= 4 is 44.4 Å². The number of aryl methyl sites for hydroxylation is 1. The zero-order valence-electron chi connectivity index (χ0n) is 21.0. The molecule has 0 amide bonds. The number of ketones is 1. The maximum Gasteiger partial charge on any atom is 0.226 e. The second-order valence-electron chi connectivity index (χ2n) is 9.29. The number of hydrogen-bond donors (Lipinski definition) is 2. The number of unbranched alkanes of at least 4 members (excludes halogenated alkanes) is 12. The van der Waals surface area contributed by atoms with Crippen molar-refractivity contribution in [2.24, 2.45) is 5.14 Å². The molecule has 0 fully saturated rings. The number of anilines is 1. The van der Waals surface area contributed by atoms with Gasteiger partial charge in [-0.25, -0.2) is 18.5 Å². The lowest BCUT2D eigenvalue weighted by molar-refractivity contribution is -0.117. The minimum Gasteiger partial charge on any atom is -0.367 e. The van der Waals surface area contributed by atoms with Gasteiger partial charge in [0.1, 0.15) is 5.78 Å². The number of nitrogens with two attached hydrogens (primary N) is 1. The summed E-state index contributed by atoms with van der Waals surface area (Å²) in [7, 11) is -3.56. The number of nitrogens with one attached hydrogen (secondary N) is 1. The third-order valence-corrected chi connectivity index (χ3v) is 6.99. The molecule has 0 aliphatic carbocycles. The van der Waals surface area contributed by atoms with Gasteiger partial charge in [-0.3, -0.25) is 0 Å².